The fourth-order valence-corrected chi connectivity index (χ4v) is 3.37. The summed E-state index contributed by atoms with van der Waals surface area (Å²) in [5.74, 6) is -0.371. The number of hydrogen-bond donors (Lipinski definition) is 2. The van der Waals surface area contributed by atoms with Crippen molar-refractivity contribution in [3.63, 3.8) is 0 Å². The summed E-state index contributed by atoms with van der Waals surface area (Å²) in [4.78, 5) is 36.1. The van der Waals surface area contributed by atoms with Crippen molar-refractivity contribution in [2.45, 2.75) is 18.9 Å². The molecule has 10 heteroatoms. The smallest absolute Gasteiger partial charge is 0.313 e. The van der Waals surface area contributed by atoms with Gasteiger partial charge in [-0.1, -0.05) is 23.7 Å². The Hall–Kier alpha value is -4.11. The first-order chi connectivity index (χ1) is 16.4. The van der Waals surface area contributed by atoms with Gasteiger partial charge in [-0.25, -0.2) is 0 Å². The van der Waals surface area contributed by atoms with Crippen LogP contribution in [-0.2, 0) is 0 Å². The first-order valence-electron chi connectivity index (χ1n) is 10.4. The van der Waals surface area contributed by atoms with Gasteiger partial charge in [0.15, 0.2) is 11.5 Å². The average molecular weight is 482 g/mol. The number of carbonyl (C=O) groups is 2. The molecule has 0 aromatic heterocycles. The maximum atomic E-state index is 12.9. The van der Waals surface area contributed by atoms with Crippen molar-refractivity contribution in [2.24, 2.45) is 0 Å². The fourth-order valence-electron chi connectivity index (χ4n) is 3.21. The number of nitrogens with zero attached hydrogens (tertiary/aromatic N) is 1. The minimum Gasteiger partial charge on any atom is -0.493 e. The van der Waals surface area contributed by atoms with Gasteiger partial charge in [-0.05, 0) is 55.3 Å². The minimum absolute atomic E-state index is 0.0273. The van der Waals surface area contributed by atoms with E-state index in [1.165, 1.54) is 43.5 Å². The molecule has 3 aromatic carbocycles. The van der Waals surface area contributed by atoms with Crippen LogP contribution in [0.2, 0.25) is 5.02 Å². The van der Waals surface area contributed by atoms with Crippen LogP contribution in [0.25, 0.3) is 0 Å². The zero-order valence-corrected chi connectivity index (χ0v) is 18.8. The number of hydrogen-bond acceptors (Lipinski definition) is 6. The van der Waals surface area contributed by atoms with Gasteiger partial charge in [0, 0.05) is 22.7 Å². The van der Waals surface area contributed by atoms with Crippen molar-refractivity contribution in [1.82, 2.24) is 5.32 Å². The molecule has 174 valence electrons. The second-order valence-electron chi connectivity index (χ2n) is 7.58. The number of benzene rings is 3. The number of nitro benzene ring substituents is 1. The van der Waals surface area contributed by atoms with E-state index in [2.05, 4.69) is 10.6 Å². The lowest BCUT2D eigenvalue weighted by molar-refractivity contribution is -0.385. The van der Waals surface area contributed by atoms with Gasteiger partial charge in [0.25, 0.3) is 11.8 Å². The summed E-state index contributed by atoms with van der Waals surface area (Å²) >= 11 is 5.85. The topological polar surface area (TPSA) is 120 Å². The largest absolute Gasteiger partial charge is 0.493 e. The summed E-state index contributed by atoms with van der Waals surface area (Å²) in [6.45, 7) is 0. The lowest BCUT2D eigenvalue weighted by Gasteiger charge is -2.14. The van der Waals surface area contributed by atoms with Gasteiger partial charge in [0.2, 0.25) is 5.75 Å². The second kappa shape index (κ2) is 9.80. The number of rotatable bonds is 8. The van der Waals surface area contributed by atoms with Gasteiger partial charge >= 0.3 is 5.69 Å². The minimum atomic E-state index is -0.605. The van der Waals surface area contributed by atoms with Crippen LogP contribution in [0.4, 0.5) is 11.4 Å². The molecule has 0 aliphatic heterocycles. The van der Waals surface area contributed by atoms with E-state index in [-0.39, 0.29) is 45.5 Å². The van der Waals surface area contributed by atoms with Crippen LogP contribution in [0.3, 0.4) is 0 Å². The number of methoxy groups -OCH3 is 1. The van der Waals surface area contributed by atoms with Crippen LogP contribution in [-0.4, -0.2) is 29.9 Å². The predicted octanol–water partition coefficient (Wildman–Crippen LogP) is 5.19. The number of nitro groups is 1. The van der Waals surface area contributed by atoms with Crippen molar-refractivity contribution in [3.8, 4) is 17.2 Å². The van der Waals surface area contributed by atoms with Crippen LogP contribution in [0.15, 0.2) is 60.7 Å². The molecule has 3 aromatic rings. The van der Waals surface area contributed by atoms with Crippen molar-refractivity contribution < 1.29 is 24.0 Å². The van der Waals surface area contributed by atoms with Gasteiger partial charge in [0.1, 0.15) is 0 Å². The van der Waals surface area contributed by atoms with Crippen LogP contribution in [0.5, 0.6) is 17.2 Å². The molecule has 0 saturated heterocycles. The Bertz CT molecular complexity index is 1280. The molecule has 0 heterocycles. The van der Waals surface area contributed by atoms with Crippen LogP contribution >= 0.6 is 11.6 Å². The number of halogens is 1. The van der Waals surface area contributed by atoms with Crippen LogP contribution in [0.1, 0.15) is 33.6 Å². The summed E-state index contributed by atoms with van der Waals surface area (Å²) in [5, 5.41) is 17.2. The number of ether oxygens (including phenoxy) is 2. The molecule has 0 unspecified atom stereocenters. The van der Waals surface area contributed by atoms with Crippen molar-refractivity contribution in [3.05, 3.63) is 86.9 Å². The normalized spacial score (nSPS) is 12.5. The lowest BCUT2D eigenvalue weighted by Crippen LogP contribution is -2.27. The Kier molecular flexibility index (Phi) is 6.65. The van der Waals surface area contributed by atoms with E-state index in [9.17, 15) is 19.7 Å². The molecule has 2 N–H and O–H groups in total. The van der Waals surface area contributed by atoms with E-state index >= 15 is 0 Å². The Balaban J connectivity index is 1.55. The molecule has 0 atom stereocenters. The molecular formula is C24H20ClN3O6. The van der Waals surface area contributed by atoms with Crippen molar-refractivity contribution in [1.29, 1.82) is 0 Å². The first kappa shape index (κ1) is 23.1. The third kappa shape index (κ3) is 5.26. The maximum absolute atomic E-state index is 12.9. The van der Waals surface area contributed by atoms with E-state index in [4.69, 9.17) is 21.1 Å². The van der Waals surface area contributed by atoms with E-state index < -0.39 is 10.8 Å². The fraction of sp³-hybridized carbons (Fsp3) is 0.167. The zero-order valence-electron chi connectivity index (χ0n) is 18.0. The number of nitrogens with one attached hydrogen (secondary N) is 2. The van der Waals surface area contributed by atoms with E-state index in [0.717, 1.165) is 12.8 Å². The van der Waals surface area contributed by atoms with Gasteiger partial charge < -0.3 is 20.1 Å². The Morgan fingerprint density at radius 3 is 2.44 bits per heavy atom. The van der Waals surface area contributed by atoms with E-state index in [0.29, 0.717) is 11.3 Å². The monoisotopic (exact) mass is 481 g/mol. The third-order valence-corrected chi connectivity index (χ3v) is 5.33. The predicted molar refractivity (Wildman–Crippen MR) is 126 cm³/mol. The summed E-state index contributed by atoms with van der Waals surface area (Å²) in [7, 11) is 1.39. The number of carbonyl (C=O) groups excluding carboxylic acids is 2. The molecular weight excluding hydrogens is 462 g/mol. The third-order valence-electron chi connectivity index (χ3n) is 5.10. The van der Waals surface area contributed by atoms with Gasteiger partial charge in [-0.2, -0.15) is 0 Å². The Morgan fingerprint density at radius 2 is 1.74 bits per heavy atom. The zero-order chi connectivity index (χ0) is 24.2. The first-order valence-corrected chi connectivity index (χ1v) is 10.7. The summed E-state index contributed by atoms with van der Waals surface area (Å²) in [6.07, 6.45) is 1.90. The highest BCUT2D eigenvalue weighted by Crippen LogP contribution is 2.38. The van der Waals surface area contributed by atoms with Crippen molar-refractivity contribution >= 4 is 34.8 Å². The highest BCUT2D eigenvalue weighted by molar-refractivity contribution is 6.30. The number of amides is 2. The molecule has 9 nitrogen and oxygen atoms in total. The van der Waals surface area contributed by atoms with Gasteiger partial charge in [-0.3, -0.25) is 19.7 Å². The van der Waals surface area contributed by atoms with Gasteiger partial charge in [0.05, 0.1) is 23.3 Å². The number of para-hydroxylation sites is 1. The summed E-state index contributed by atoms with van der Waals surface area (Å²) in [5.41, 5.74) is 0.677. The molecule has 0 radical (unpaired) electrons. The highest BCUT2D eigenvalue weighted by Gasteiger charge is 2.25. The Morgan fingerprint density at radius 1 is 1.00 bits per heavy atom. The van der Waals surface area contributed by atoms with E-state index in [1.54, 1.807) is 24.3 Å². The summed E-state index contributed by atoms with van der Waals surface area (Å²) in [6, 6.07) is 15.4. The molecule has 0 spiro atoms. The molecule has 1 saturated carbocycles. The molecule has 1 aliphatic rings. The molecule has 34 heavy (non-hydrogen) atoms. The highest BCUT2D eigenvalue weighted by atomic mass is 35.5. The van der Waals surface area contributed by atoms with Crippen molar-refractivity contribution in [2.75, 3.05) is 12.4 Å². The summed E-state index contributed by atoms with van der Waals surface area (Å²) < 4.78 is 11.0. The maximum Gasteiger partial charge on any atom is 0.313 e. The molecule has 1 fully saturated rings. The van der Waals surface area contributed by atoms with Crippen LogP contribution in [0, 0.1) is 10.1 Å². The standard InChI is InChI=1S/C24H20ClN3O6/c1-33-22-12-14(6-10-21(22)34-20-11-7-15(25)13-19(20)28(31)32)23(29)27-18-5-3-2-4-17(18)24(30)26-16-8-9-16/h2-7,10-13,16H,8-9H2,1H3,(H,26,30)(H,27,29). The van der Waals surface area contributed by atoms with Gasteiger partial charge in [-0.15, -0.1) is 0 Å². The molecule has 1 aliphatic carbocycles. The van der Waals surface area contributed by atoms with E-state index in [1.807, 2.05) is 0 Å². The quantitative estimate of drug-likeness (QED) is 0.337. The average Bonchev–Trinajstić information content (AvgIpc) is 3.64. The van der Waals surface area contributed by atoms with Crippen LogP contribution < -0.4 is 20.1 Å². The Labute approximate surface area is 199 Å². The molecule has 4 rings (SSSR count). The second-order valence-corrected chi connectivity index (χ2v) is 8.02. The lowest BCUT2D eigenvalue weighted by atomic mass is 10.1. The number of anilines is 1. The molecule has 0 bridgehead atoms. The molecule has 2 amide bonds. The SMILES string of the molecule is COc1cc(C(=O)Nc2ccccc2C(=O)NC2CC2)ccc1Oc1ccc(Cl)cc1[N+](=O)[O-].